The van der Waals surface area contributed by atoms with E-state index in [1.54, 1.807) is 11.8 Å². The quantitative estimate of drug-likeness (QED) is 0.786. The number of nitrogens with one attached hydrogen (secondary N) is 2. The molecule has 1 aromatic rings. The molecule has 110 valence electrons. The average Bonchev–Trinajstić information content (AvgIpc) is 2.48. The summed E-state index contributed by atoms with van der Waals surface area (Å²) in [5.74, 6) is 0.587. The summed E-state index contributed by atoms with van der Waals surface area (Å²) in [6.45, 7) is 2.38. The molecular weight excluding hydrogens is 272 g/mol. The Bertz CT molecular complexity index is 416. The number of hydrogen-bond donors (Lipinski definition) is 2. The Hall–Kier alpha value is -1.04. The van der Waals surface area contributed by atoms with Crippen molar-refractivity contribution in [2.45, 2.75) is 30.3 Å². The molecule has 0 aromatic heterocycles. The van der Waals surface area contributed by atoms with Crippen LogP contribution in [0.4, 0.5) is 0 Å². The highest BCUT2D eigenvalue weighted by molar-refractivity contribution is 8.00. The van der Waals surface area contributed by atoms with Crippen LogP contribution in [0.15, 0.2) is 29.2 Å². The van der Waals surface area contributed by atoms with E-state index in [2.05, 4.69) is 34.9 Å². The molecule has 1 aromatic carbocycles. The molecule has 1 fully saturated rings. The van der Waals surface area contributed by atoms with Crippen molar-refractivity contribution in [1.29, 1.82) is 0 Å². The van der Waals surface area contributed by atoms with Gasteiger partial charge >= 0.3 is 0 Å². The summed E-state index contributed by atoms with van der Waals surface area (Å²) in [7, 11) is 1.93. The van der Waals surface area contributed by atoms with Gasteiger partial charge in [-0.3, -0.25) is 4.79 Å². The first-order valence-corrected chi connectivity index (χ1v) is 8.00. The smallest absolute Gasteiger partial charge is 0.230 e. The van der Waals surface area contributed by atoms with Gasteiger partial charge in [0.15, 0.2) is 0 Å². The summed E-state index contributed by atoms with van der Waals surface area (Å²) in [5.41, 5.74) is 1.25. The summed E-state index contributed by atoms with van der Waals surface area (Å²) in [4.78, 5) is 13.0. The standard InChI is InChI=1S/C15H22N2O2S/c1-16-10-12-2-4-14(5-3-12)20-11-15(18)17-13-6-8-19-9-7-13/h2-5,13,16H,6-11H2,1H3,(H,17,18). The molecule has 2 N–H and O–H groups in total. The normalized spacial score (nSPS) is 16.1. The van der Waals surface area contributed by atoms with Crippen LogP contribution in [-0.4, -0.2) is 38.0 Å². The Morgan fingerprint density at radius 1 is 1.30 bits per heavy atom. The first kappa shape index (κ1) is 15.4. The summed E-state index contributed by atoms with van der Waals surface area (Å²) in [6, 6.07) is 8.61. The van der Waals surface area contributed by atoms with Gasteiger partial charge in [0.1, 0.15) is 0 Å². The Labute approximate surface area is 124 Å². The van der Waals surface area contributed by atoms with Gasteiger partial charge < -0.3 is 15.4 Å². The number of rotatable bonds is 6. The van der Waals surface area contributed by atoms with Gasteiger partial charge in [0.25, 0.3) is 0 Å². The van der Waals surface area contributed by atoms with Crippen molar-refractivity contribution in [2.75, 3.05) is 26.0 Å². The topological polar surface area (TPSA) is 50.4 Å². The van der Waals surface area contributed by atoms with Crippen LogP contribution in [0.5, 0.6) is 0 Å². The number of benzene rings is 1. The third-order valence-corrected chi connectivity index (χ3v) is 4.27. The zero-order valence-electron chi connectivity index (χ0n) is 11.9. The molecule has 5 heteroatoms. The molecule has 0 bridgehead atoms. The number of thioether (sulfide) groups is 1. The number of amides is 1. The van der Waals surface area contributed by atoms with Gasteiger partial charge in [-0.25, -0.2) is 0 Å². The second kappa shape index (κ2) is 8.29. The molecule has 0 saturated carbocycles. The second-order valence-corrected chi connectivity index (χ2v) is 5.97. The molecule has 1 amide bonds. The maximum atomic E-state index is 11.9. The fourth-order valence-corrected chi connectivity index (χ4v) is 2.88. The van der Waals surface area contributed by atoms with Crippen LogP contribution in [0.2, 0.25) is 0 Å². The van der Waals surface area contributed by atoms with Crippen molar-refractivity contribution in [3.63, 3.8) is 0 Å². The van der Waals surface area contributed by atoms with E-state index in [0.717, 1.165) is 37.5 Å². The third-order valence-electron chi connectivity index (χ3n) is 3.26. The van der Waals surface area contributed by atoms with Gasteiger partial charge in [-0.15, -0.1) is 11.8 Å². The van der Waals surface area contributed by atoms with E-state index in [1.165, 1.54) is 5.56 Å². The first-order chi connectivity index (χ1) is 9.78. The first-order valence-electron chi connectivity index (χ1n) is 7.01. The molecule has 0 unspecified atom stereocenters. The van der Waals surface area contributed by atoms with Crippen LogP contribution < -0.4 is 10.6 Å². The number of hydrogen-bond acceptors (Lipinski definition) is 4. The van der Waals surface area contributed by atoms with Gasteiger partial charge in [0.05, 0.1) is 5.75 Å². The fourth-order valence-electron chi connectivity index (χ4n) is 2.17. The van der Waals surface area contributed by atoms with Crippen LogP contribution in [0.3, 0.4) is 0 Å². The molecule has 20 heavy (non-hydrogen) atoms. The van der Waals surface area contributed by atoms with Crippen LogP contribution in [0, 0.1) is 0 Å². The van der Waals surface area contributed by atoms with Crippen molar-refractivity contribution < 1.29 is 9.53 Å². The van der Waals surface area contributed by atoms with E-state index in [0.29, 0.717) is 5.75 Å². The van der Waals surface area contributed by atoms with Crippen molar-refractivity contribution in [3.05, 3.63) is 29.8 Å². The highest BCUT2D eigenvalue weighted by atomic mass is 32.2. The maximum Gasteiger partial charge on any atom is 0.230 e. The average molecular weight is 294 g/mol. The van der Waals surface area contributed by atoms with Gasteiger partial charge in [0, 0.05) is 30.7 Å². The van der Waals surface area contributed by atoms with Gasteiger partial charge in [-0.1, -0.05) is 12.1 Å². The van der Waals surface area contributed by atoms with E-state index >= 15 is 0 Å². The summed E-state index contributed by atoms with van der Waals surface area (Å²) >= 11 is 1.58. The van der Waals surface area contributed by atoms with Gasteiger partial charge in [-0.05, 0) is 37.6 Å². The minimum atomic E-state index is 0.112. The van der Waals surface area contributed by atoms with E-state index in [1.807, 2.05) is 7.05 Å². The lowest BCUT2D eigenvalue weighted by molar-refractivity contribution is -0.119. The predicted molar refractivity (Wildman–Crippen MR) is 81.9 cm³/mol. The molecule has 1 aliphatic heterocycles. The molecule has 1 saturated heterocycles. The molecule has 1 heterocycles. The SMILES string of the molecule is CNCc1ccc(SCC(=O)NC2CCOCC2)cc1. The van der Waals surface area contributed by atoms with E-state index in [9.17, 15) is 4.79 Å². The number of ether oxygens (including phenoxy) is 1. The Morgan fingerprint density at radius 2 is 2.00 bits per heavy atom. The lowest BCUT2D eigenvalue weighted by Gasteiger charge is -2.23. The lowest BCUT2D eigenvalue weighted by Crippen LogP contribution is -2.39. The van der Waals surface area contributed by atoms with Crippen molar-refractivity contribution in [1.82, 2.24) is 10.6 Å². The molecular formula is C15H22N2O2S. The summed E-state index contributed by atoms with van der Waals surface area (Å²) in [6.07, 6.45) is 1.85. The second-order valence-electron chi connectivity index (χ2n) is 4.92. The summed E-state index contributed by atoms with van der Waals surface area (Å²) < 4.78 is 5.28. The largest absolute Gasteiger partial charge is 0.381 e. The molecule has 1 aliphatic rings. The summed E-state index contributed by atoms with van der Waals surface area (Å²) in [5, 5.41) is 6.19. The van der Waals surface area contributed by atoms with Crippen LogP contribution in [0.1, 0.15) is 18.4 Å². The van der Waals surface area contributed by atoms with Crippen LogP contribution in [-0.2, 0) is 16.1 Å². The van der Waals surface area contributed by atoms with Crippen LogP contribution >= 0.6 is 11.8 Å². The van der Waals surface area contributed by atoms with Gasteiger partial charge in [-0.2, -0.15) is 0 Å². The van der Waals surface area contributed by atoms with Crippen molar-refractivity contribution in [3.8, 4) is 0 Å². The van der Waals surface area contributed by atoms with Crippen molar-refractivity contribution >= 4 is 17.7 Å². The monoisotopic (exact) mass is 294 g/mol. The minimum Gasteiger partial charge on any atom is -0.381 e. The Kier molecular flexibility index (Phi) is 6.36. The Morgan fingerprint density at radius 3 is 2.65 bits per heavy atom. The molecule has 0 atom stereocenters. The van der Waals surface area contributed by atoms with Gasteiger partial charge in [0.2, 0.25) is 5.91 Å². The molecule has 0 spiro atoms. The zero-order chi connectivity index (χ0) is 14.2. The molecule has 0 radical (unpaired) electrons. The molecule has 4 nitrogen and oxygen atoms in total. The highest BCUT2D eigenvalue weighted by Crippen LogP contribution is 2.18. The van der Waals surface area contributed by atoms with E-state index in [-0.39, 0.29) is 11.9 Å². The molecule has 0 aliphatic carbocycles. The van der Waals surface area contributed by atoms with E-state index in [4.69, 9.17) is 4.74 Å². The minimum absolute atomic E-state index is 0.112. The molecule has 2 rings (SSSR count). The lowest BCUT2D eigenvalue weighted by atomic mass is 10.1. The highest BCUT2D eigenvalue weighted by Gasteiger charge is 2.15. The third kappa shape index (κ3) is 5.15. The number of carbonyl (C=O) groups excluding carboxylic acids is 1. The maximum absolute atomic E-state index is 11.9. The van der Waals surface area contributed by atoms with Crippen LogP contribution in [0.25, 0.3) is 0 Å². The van der Waals surface area contributed by atoms with Crippen molar-refractivity contribution in [2.24, 2.45) is 0 Å². The Balaban J connectivity index is 1.72. The zero-order valence-corrected chi connectivity index (χ0v) is 12.7. The van der Waals surface area contributed by atoms with E-state index < -0.39 is 0 Å². The predicted octanol–water partition coefficient (Wildman–Crippen LogP) is 1.79. The fraction of sp³-hybridized carbons (Fsp3) is 0.533. The number of carbonyl (C=O) groups is 1.